The molecule has 0 saturated carbocycles. The van der Waals surface area contributed by atoms with Gasteiger partial charge in [0.05, 0.1) is 12.2 Å². The van der Waals surface area contributed by atoms with Crippen molar-refractivity contribution >= 4 is 0 Å². The molecule has 0 radical (unpaired) electrons. The molecule has 1 heterocycles. The number of rotatable bonds is 2. The zero-order valence-electron chi connectivity index (χ0n) is 11.0. The summed E-state index contributed by atoms with van der Waals surface area (Å²) in [5.41, 5.74) is 0. The molecule has 2 unspecified atom stereocenters. The molecule has 0 aliphatic carbocycles. The van der Waals surface area contributed by atoms with Gasteiger partial charge in [-0.3, -0.25) is 0 Å². The lowest BCUT2D eigenvalue weighted by Gasteiger charge is -1.77. The summed E-state index contributed by atoms with van der Waals surface area (Å²) in [6, 6.07) is 0. The molecular formula is C12H30O. The topological polar surface area (TPSA) is 12.5 Å². The second-order valence-electron chi connectivity index (χ2n) is 2.03. The van der Waals surface area contributed by atoms with E-state index >= 15 is 0 Å². The van der Waals surface area contributed by atoms with Crippen molar-refractivity contribution in [3.63, 3.8) is 0 Å². The van der Waals surface area contributed by atoms with Crippen molar-refractivity contribution in [3.8, 4) is 0 Å². The SMILES string of the molecule is CC.CC.CC.CCC1OC1CC. The van der Waals surface area contributed by atoms with Crippen LogP contribution in [-0.2, 0) is 4.74 Å². The van der Waals surface area contributed by atoms with Crippen molar-refractivity contribution in [3.05, 3.63) is 0 Å². The fraction of sp³-hybridized carbons (Fsp3) is 1.00. The maximum Gasteiger partial charge on any atom is 0.0839 e. The van der Waals surface area contributed by atoms with Gasteiger partial charge < -0.3 is 4.74 Å². The third kappa shape index (κ3) is 12.0. The minimum atomic E-state index is 0.616. The standard InChI is InChI=1S/C6H12O.3C2H6/c1-3-5-6(4-2)7-5;3*1-2/h5-6H,3-4H2,1-2H3;3*1-2H3. The van der Waals surface area contributed by atoms with Gasteiger partial charge in [-0.1, -0.05) is 55.4 Å². The smallest absolute Gasteiger partial charge is 0.0839 e. The molecule has 1 aliphatic heterocycles. The molecule has 0 aromatic heterocycles. The Morgan fingerprint density at radius 1 is 0.692 bits per heavy atom. The molecule has 1 saturated heterocycles. The summed E-state index contributed by atoms with van der Waals surface area (Å²) in [4.78, 5) is 0. The Morgan fingerprint density at radius 2 is 0.923 bits per heavy atom. The highest BCUT2D eigenvalue weighted by atomic mass is 16.6. The lowest BCUT2D eigenvalue weighted by molar-refractivity contribution is 0.363. The van der Waals surface area contributed by atoms with Gasteiger partial charge in [0, 0.05) is 0 Å². The molecule has 0 aromatic rings. The van der Waals surface area contributed by atoms with Crippen LogP contribution in [0.15, 0.2) is 0 Å². The molecule has 0 aromatic carbocycles. The first-order valence-electron chi connectivity index (χ1n) is 6.04. The van der Waals surface area contributed by atoms with Crippen molar-refractivity contribution < 1.29 is 4.74 Å². The van der Waals surface area contributed by atoms with E-state index in [0.29, 0.717) is 12.2 Å². The zero-order valence-corrected chi connectivity index (χ0v) is 11.0. The quantitative estimate of drug-likeness (QED) is 0.577. The van der Waals surface area contributed by atoms with Crippen molar-refractivity contribution in [2.75, 3.05) is 0 Å². The van der Waals surface area contributed by atoms with Gasteiger partial charge in [-0.05, 0) is 12.8 Å². The molecule has 1 nitrogen and oxygen atoms in total. The van der Waals surface area contributed by atoms with Gasteiger partial charge in [-0.25, -0.2) is 0 Å². The third-order valence-corrected chi connectivity index (χ3v) is 1.49. The maximum atomic E-state index is 5.22. The van der Waals surface area contributed by atoms with Crippen LogP contribution in [0.3, 0.4) is 0 Å². The van der Waals surface area contributed by atoms with Crippen LogP contribution in [0.5, 0.6) is 0 Å². The molecule has 0 bridgehead atoms. The van der Waals surface area contributed by atoms with E-state index in [-0.39, 0.29) is 0 Å². The normalized spacial score (nSPS) is 22.2. The summed E-state index contributed by atoms with van der Waals surface area (Å²) < 4.78 is 5.22. The molecule has 1 rings (SSSR count). The average molecular weight is 190 g/mol. The molecule has 1 aliphatic rings. The van der Waals surface area contributed by atoms with Crippen molar-refractivity contribution in [2.24, 2.45) is 0 Å². The second kappa shape index (κ2) is 17.9. The fourth-order valence-corrected chi connectivity index (χ4v) is 0.897. The largest absolute Gasteiger partial charge is 0.370 e. The van der Waals surface area contributed by atoms with Crippen molar-refractivity contribution in [1.82, 2.24) is 0 Å². The van der Waals surface area contributed by atoms with Gasteiger partial charge in [0.1, 0.15) is 0 Å². The highest BCUT2D eigenvalue weighted by Gasteiger charge is 2.34. The van der Waals surface area contributed by atoms with Gasteiger partial charge in [0.15, 0.2) is 0 Å². The summed E-state index contributed by atoms with van der Waals surface area (Å²) in [5.74, 6) is 0. The van der Waals surface area contributed by atoms with E-state index in [1.54, 1.807) is 0 Å². The van der Waals surface area contributed by atoms with Gasteiger partial charge in [0.25, 0.3) is 0 Å². The van der Waals surface area contributed by atoms with Crippen LogP contribution in [0.2, 0.25) is 0 Å². The molecule has 2 atom stereocenters. The molecule has 0 amide bonds. The maximum absolute atomic E-state index is 5.22. The number of hydrogen-bond acceptors (Lipinski definition) is 1. The van der Waals surface area contributed by atoms with E-state index in [1.807, 2.05) is 41.5 Å². The molecule has 1 fully saturated rings. The van der Waals surface area contributed by atoms with Crippen LogP contribution in [0, 0.1) is 0 Å². The van der Waals surface area contributed by atoms with E-state index in [4.69, 9.17) is 4.74 Å². The van der Waals surface area contributed by atoms with Gasteiger partial charge >= 0.3 is 0 Å². The van der Waals surface area contributed by atoms with Gasteiger partial charge in [0.2, 0.25) is 0 Å². The minimum absolute atomic E-state index is 0.616. The third-order valence-electron chi connectivity index (χ3n) is 1.49. The number of epoxide rings is 1. The monoisotopic (exact) mass is 190 g/mol. The predicted molar refractivity (Wildman–Crippen MR) is 63.3 cm³/mol. The number of ether oxygens (including phenoxy) is 1. The van der Waals surface area contributed by atoms with E-state index in [9.17, 15) is 0 Å². The van der Waals surface area contributed by atoms with Crippen LogP contribution < -0.4 is 0 Å². The van der Waals surface area contributed by atoms with Crippen molar-refractivity contribution in [2.45, 2.75) is 80.4 Å². The van der Waals surface area contributed by atoms with E-state index in [2.05, 4.69) is 13.8 Å². The van der Waals surface area contributed by atoms with Gasteiger partial charge in [-0.2, -0.15) is 0 Å². The fourth-order valence-electron chi connectivity index (χ4n) is 0.897. The van der Waals surface area contributed by atoms with E-state index in [1.165, 1.54) is 12.8 Å². The summed E-state index contributed by atoms with van der Waals surface area (Å²) in [6.07, 6.45) is 3.62. The van der Waals surface area contributed by atoms with Crippen LogP contribution in [0.1, 0.15) is 68.2 Å². The molecule has 13 heavy (non-hydrogen) atoms. The second-order valence-corrected chi connectivity index (χ2v) is 2.03. The molecule has 0 spiro atoms. The molecule has 0 N–H and O–H groups in total. The van der Waals surface area contributed by atoms with Crippen molar-refractivity contribution in [1.29, 1.82) is 0 Å². The Bertz CT molecular complexity index is 54.1. The Morgan fingerprint density at radius 3 is 1.00 bits per heavy atom. The Labute approximate surface area is 85.9 Å². The summed E-state index contributed by atoms with van der Waals surface area (Å²) in [7, 11) is 0. The lowest BCUT2D eigenvalue weighted by atomic mass is 10.2. The Hall–Kier alpha value is -0.0400. The summed E-state index contributed by atoms with van der Waals surface area (Å²) >= 11 is 0. The average Bonchev–Trinajstić information content (AvgIpc) is 3.05. The Kier molecular flexibility index (Phi) is 25.7. The highest BCUT2D eigenvalue weighted by molar-refractivity contribution is 4.81. The van der Waals surface area contributed by atoms with Crippen LogP contribution in [0.4, 0.5) is 0 Å². The van der Waals surface area contributed by atoms with Crippen LogP contribution >= 0.6 is 0 Å². The predicted octanol–water partition coefficient (Wildman–Crippen LogP) is 4.65. The van der Waals surface area contributed by atoms with Crippen LogP contribution in [0.25, 0.3) is 0 Å². The van der Waals surface area contributed by atoms with Gasteiger partial charge in [-0.15, -0.1) is 0 Å². The van der Waals surface area contributed by atoms with Crippen LogP contribution in [-0.4, -0.2) is 12.2 Å². The van der Waals surface area contributed by atoms with E-state index < -0.39 is 0 Å². The molecule has 84 valence electrons. The number of hydrogen-bond donors (Lipinski definition) is 0. The summed E-state index contributed by atoms with van der Waals surface area (Å²) in [5, 5.41) is 0. The Balaban J connectivity index is -0.000000144. The minimum Gasteiger partial charge on any atom is -0.370 e. The van der Waals surface area contributed by atoms with E-state index in [0.717, 1.165) is 0 Å². The molecular weight excluding hydrogens is 160 g/mol. The first-order valence-corrected chi connectivity index (χ1v) is 6.04. The highest BCUT2D eigenvalue weighted by Crippen LogP contribution is 2.26. The first-order chi connectivity index (χ1) is 6.38. The first kappa shape index (κ1) is 18.7. The summed E-state index contributed by atoms with van der Waals surface area (Å²) in [6.45, 7) is 16.3. The zero-order chi connectivity index (χ0) is 11.3. The lowest BCUT2D eigenvalue weighted by Crippen LogP contribution is -1.87. The molecule has 1 heteroatoms.